The lowest BCUT2D eigenvalue weighted by Crippen LogP contribution is -2.42. The van der Waals surface area contributed by atoms with E-state index in [9.17, 15) is 9.59 Å². The molecule has 0 bridgehead atoms. The number of ether oxygens (including phenoxy) is 1. The molecular weight excluding hydrogens is 310 g/mol. The minimum atomic E-state index is -0.292. The Labute approximate surface area is 139 Å². The van der Waals surface area contributed by atoms with Crippen LogP contribution in [0.25, 0.3) is 5.69 Å². The maximum atomic E-state index is 12.4. The Morgan fingerprint density at radius 3 is 2.83 bits per heavy atom. The molecule has 0 spiro atoms. The van der Waals surface area contributed by atoms with Crippen LogP contribution in [0.2, 0.25) is 0 Å². The van der Waals surface area contributed by atoms with Crippen LogP contribution in [0.3, 0.4) is 0 Å². The first-order valence-electron chi connectivity index (χ1n) is 8.16. The van der Waals surface area contributed by atoms with E-state index in [1.54, 1.807) is 19.1 Å². The summed E-state index contributed by atoms with van der Waals surface area (Å²) in [5, 5.41) is 7.89. The molecule has 1 aromatic heterocycles. The molecule has 8 nitrogen and oxygen atoms in total. The first-order chi connectivity index (χ1) is 11.7. The summed E-state index contributed by atoms with van der Waals surface area (Å²) in [4.78, 5) is 26.4. The van der Waals surface area contributed by atoms with E-state index in [0.717, 1.165) is 19.4 Å². The molecule has 0 amide bonds. The topological polar surface area (TPSA) is 82.2 Å². The van der Waals surface area contributed by atoms with Crippen LogP contribution in [0.4, 0.5) is 0 Å². The maximum Gasteiger partial charge on any atom is 0.369 e. The fourth-order valence-corrected chi connectivity index (χ4v) is 2.92. The quantitative estimate of drug-likeness (QED) is 0.749. The van der Waals surface area contributed by atoms with E-state index in [0.29, 0.717) is 25.5 Å². The average Bonchev–Trinajstić information content (AvgIpc) is 2.97. The van der Waals surface area contributed by atoms with E-state index >= 15 is 0 Å². The van der Waals surface area contributed by atoms with Crippen molar-refractivity contribution in [3.05, 3.63) is 40.8 Å². The van der Waals surface area contributed by atoms with E-state index < -0.39 is 0 Å². The van der Waals surface area contributed by atoms with Crippen molar-refractivity contribution in [1.29, 1.82) is 0 Å². The molecule has 1 aliphatic heterocycles. The predicted octanol–water partition coefficient (Wildman–Crippen LogP) is 0.662. The fourth-order valence-electron chi connectivity index (χ4n) is 2.92. The van der Waals surface area contributed by atoms with Crippen LogP contribution in [0.5, 0.6) is 0 Å². The van der Waals surface area contributed by atoms with Gasteiger partial charge in [-0.2, -0.15) is 9.36 Å². The first-order valence-corrected chi connectivity index (χ1v) is 8.16. The number of likely N-dealkylation sites (tertiary alicyclic amines) is 1. The van der Waals surface area contributed by atoms with Crippen molar-refractivity contribution in [1.82, 2.24) is 24.7 Å². The normalized spacial score (nSPS) is 18.5. The average molecular weight is 331 g/mol. The van der Waals surface area contributed by atoms with Gasteiger partial charge in [0.2, 0.25) is 0 Å². The van der Waals surface area contributed by atoms with Crippen molar-refractivity contribution < 1.29 is 9.53 Å². The Balaban J connectivity index is 1.69. The molecule has 2 aromatic rings. The Kier molecular flexibility index (Phi) is 5.05. The highest BCUT2D eigenvalue weighted by Gasteiger charge is 2.27. The summed E-state index contributed by atoms with van der Waals surface area (Å²) in [5.74, 6) is -0.305. The zero-order valence-corrected chi connectivity index (χ0v) is 13.7. The monoisotopic (exact) mass is 331 g/mol. The highest BCUT2D eigenvalue weighted by molar-refractivity contribution is 5.72. The second-order valence-corrected chi connectivity index (χ2v) is 5.82. The maximum absolute atomic E-state index is 12.4. The Morgan fingerprint density at radius 1 is 1.29 bits per heavy atom. The summed E-state index contributed by atoms with van der Waals surface area (Å²) < 4.78 is 7.69. The van der Waals surface area contributed by atoms with Crippen molar-refractivity contribution in [2.75, 3.05) is 19.7 Å². The largest absolute Gasteiger partial charge is 0.466 e. The molecule has 0 radical (unpaired) electrons. The molecule has 1 aliphatic rings. The van der Waals surface area contributed by atoms with Gasteiger partial charge in [-0.3, -0.25) is 9.69 Å². The van der Waals surface area contributed by atoms with E-state index in [1.807, 2.05) is 23.1 Å². The molecule has 2 heterocycles. The van der Waals surface area contributed by atoms with Gasteiger partial charge in [0.1, 0.15) is 6.67 Å². The van der Waals surface area contributed by atoms with Gasteiger partial charge in [0, 0.05) is 6.54 Å². The lowest BCUT2D eigenvalue weighted by molar-refractivity contribution is -0.150. The molecule has 3 rings (SSSR count). The van der Waals surface area contributed by atoms with Gasteiger partial charge in [0.05, 0.1) is 18.2 Å². The van der Waals surface area contributed by atoms with E-state index in [2.05, 4.69) is 10.4 Å². The van der Waals surface area contributed by atoms with Gasteiger partial charge in [0.15, 0.2) is 0 Å². The third-order valence-electron chi connectivity index (χ3n) is 4.10. The van der Waals surface area contributed by atoms with Gasteiger partial charge in [-0.05, 0) is 48.9 Å². The second kappa shape index (κ2) is 7.39. The number of tetrazole rings is 1. The van der Waals surface area contributed by atoms with E-state index in [1.165, 1.54) is 9.36 Å². The number of aromatic nitrogens is 4. The Bertz CT molecular complexity index is 740. The lowest BCUT2D eigenvalue weighted by Gasteiger charge is -2.30. The van der Waals surface area contributed by atoms with Gasteiger partial charge < -0.3 is 4.74 Å². The first kappa shape index (κ1) is 16.4. The van der Waals surface area contributed by atoms with Crippen LogP contribution in [0, 0.1) is 5.92 Å². The SMILES string of the molecule is CCOC(=O)[C@H]1CCCN(Cn2nnn(-c3ccccc3)c2=O)C1. The third kappa shape index (κ3) is 3.53. The molecule has 24 heavy (non-hydrogen) atoms. The van der Waals surface area contributed by atoms with Crippen LogP contribution >= 0.6 is 0 Å². The number of rotatable bonds is 5. The summed E-state index contributed by atoms with van der Waals surface area (Å²) in [7, 11) is 0. The van der Waals surface area contributed by atoms with Gasteiger partial charge >= 0.3 is 11.7 Å². The standard InChI is InChI=1S/C16H21N5O3/c1-2-24-15(22)13-7-6-10-19(11-13)12-20-16(23)21(18-17-20)14-8-4-3-5-9-14/h3-5,8-9,13H,2,6-7,10-12H2,1H3/t13-/m0/s1. The molecule has 0 unspecified atom stereocenters. The van der Waals surface area contributed by atoms with Crippen LogP contribution < -0.4 is 5.69 Å². The summed E-state index contributed by atoms with van der Waals surface area (Å²) in [5.41, 5.74) is 0.385. The number of carbonyl (C=O) groups excluding carboxylic acids is 1. The van der Waals surface area contributed by atoms with Gasteiger partial charge in [-0.1, -0.05) is 18.2 Å². The zero-order valence-electron chi connectivity index (χ0n) is 13.7. The molecule has 1 saturated heterocycles. The number of nitrogens with zero attached hydrogens (tertiary/aromatic N) is 5. The minimum Gasteiger partial charge on any atom is -0.466 e. The van der Waals surface area contributed by atoms with Crippen molar-refractivity contribution in [3.8, 4) is 5.69 Å². The second-order valence-electron chi connectivity index (χ2n) is 5.82. The minimum absolute atomic E-state index is 0.140. The number of hydrogen-bond acceptors (Lipinski definition) is 6. The molecule has 128 valence electrons. The number of piperidine rings is 1. The van der Waals surface area contributed by atoms with Crippen LogP contribution in [-0.2, 0) is 16.2 Å². The Morgan fingerprint density at radius 2 is 2.08 bits per heavy atom. The Hall–Kier alpha value is -2.48. The van der Waals surface area contributed by atoms with E-state index in [4.69, 9.17) is 4.74 Å². The third-order valence-corrected chi connectivity index (χ3v) is 4.10. The number of benzene rings is 1. The number of carbonyl (C=O) groups is 1. The van der Waals surface area contributed by atoms with Gasteiger partial charge in [-0.25, -0.2) is 4.79 Å². The molecule has 1 atom stereocenters. The summed E-state index contributed by atoms with van der Waals surface area (Å²) in [6.07, 6.45) is 1.71. The van der Waals surface area contributed by atoms with Gasteiger partial charge in [0.25, 0.3) is 0 Å². The van der Waals surface area contributed by atoms with Crippen molar-refractivity contribution in [2.24, 2.45) is 5.92 Å². The summed E-state index contributed by atoms with van der Waals surface area (Å²) in [6.45, 7) is 3.91. The molecule has 8 heteroatoms. The summed E-state index contributed by atoms with van der Waals surface area (Å²) >= 11 is 0. The number of para-hydroxylation sites is 1. The lowest BCUT2D eigenvalue weighted by atomic mass is 9.99. The highest BCUT2D eigenvalue weighted by atomic mass is 16.5. The molecule has 0 saturated carbocycles. The van der Waals surface area contributed by atoms with E-state index in [-0.39, 0.29) is 17.6 Å². The smallest absolute Gasteiger partial charge is 0.369 e. The number of hydrogen-bond donors (Lipinski definition) is 0. The van der Waals surface area contributed by atoms with Crippen molar-refractivity contribution in [3.63, 3.8) is 0 Å². The van der Waals surface area contributed by atoms with Crippen LogP contribution in [-0.4, -0.2) is 50.4 Å². The highest BCUT2D eigenvalue weighted by Crippen LogP contribution is 2.18. The predicted molar refractivity (Wildman–Crippen MR) is 86.5 cm³/mol. The van der Waals surface area contributed by atoms with Crippen molar-refractivity contribution >= 4 is 5.97 Å². The molecule has 0 aliphatic carbocycles. The number of esters is 1. The van der Waals surface area contributed by atoms with Crippen molar-refractivity contribution in [2.45, 2.75) is 26.4 Å². The fraction of sp³-hybridized carbons (Fsp3) is 0.500. The molecule has 1 aromatic carbocycles. The zero-order chi connectivity index (χ0) is 16.9. The van der Waals surface area contributed by atoms with Crippen LogP contribution in [0.15, 0.2) is 35.1 Å². The van der Waals surface area contributed by atoms with Crippen LogP contribution in [0.1, 0.15) is 19.8 Å². The van der Waals surface area contributed by atoms with Gasteiger partial charge in [-0.15, -0.1) is 0 Å². The molecule has 0 N–H and O–H groups in total. The molecular formula is C16H21N5O3. The summed E-state index contributed by atoms with van der Waals surface area (Å²) in [6, 6.07) is 9.17. The molecule has 1 fully saturated rings.